The summed E-state index contributed by atoms with van der Waals surface area (Å²) in [5.74, 6) is -3.60. The minimum absolute atomic E-state index is 0.0566. The largest absolute Gasteiger partial charge is 0.382 e. The van der Waals surface area contributed by atoms with Gasteiger partial charge in [-0.3, -0.25) is 28.9 Å². The Balaban J connectivity index is 1.46. The third-order valence-corrected chi connectivity index (χ3v) is 6.97. The maximum atomic E-state index is 12.8. The van der Waals surface area contributed by atoms with Crippen LogP contribution >= 0.6 is 0 Å². The monoisotopic (exact) mass is 717 g/mol. The van der Waals surface area contributed by atoms with Gasteiger partial charge in [-0.2, -0.15) is 0 Å². The second-order valence-corrected chi connectivity index (χ2v) is 10.8. The molecule has 2 heterocycles. The number of ether oxygens (including phenoxy) is 8. The second-order valence-electron chi connectivity index (χ2n) is 10.8. The first kappa shape index (κ1) is 42.8. The van der Waals surface area contributed by atoms with Gasteiger partial charge in [0.25, 0.3) is 23.6 Å². The van der Waals surface area contributed by atoms with Gasteiger partial charge in [0.05, 0.1) is 99.1 Å². The molecule has 0 spiro atoms. The van der Waals surface area contributed by atoms with Crippen molar-refractivity contribution in [2.75, 3.05) is 113 Å². The fourth-order valence-electron chi connectivity index (χ4n) is 4.33. The topological polar surface area (TPSA) is 204 Å². The van der Waals surface area contributed by atoms with Crippen molar-refractivity contribution in [2.24, 2.45) is 0 Å². The molecule has 0 aromatic heterocycles. The quantitative estimate of drug-likeness (QED) is 0.0677. The molecule has 0 aromatic carbocycles. The molecule has 0 radical (unpaired) electrons. The molecule has 1 N–H and O–H groups in total. The molecule has 0 aromatic rings. The third-order valence-electron chi connectivity index (χ3n) is 6.97. The van der Waals surface area contributed by atoms with Crippen molar-refractivity contribution in [3.8, 4) is 0 Å². The van der Waals surface area contributed by atoms with Gasteiger partial charge in [0.1, 0.15) is 6.04 Å². The number of carbonyl (C=O) groups is 6. The van der Waals surface area contributed by atoms with Crippen LogP contribution in [0, 0.1) is 0 Å². The SMILES string of the molecule is COCCOCCOCCOCCOCCOCCOCCOCCC(=O)NC(CCCCN1C(=O)C=CC1=O)C(=O)ON1C(=O)CCC1=O. The molecule has 1 saturated heterocycles. The third kappa shape index (κ3) is 19.1. The van der Waals surface area contributed by atoms with Crippen molar-refractivity contribution < 1.29 is 71.5 Å². The van der Waals surface area contributed by atoms with Crippen LogP contribution in [0.4, 0.5) is 0 Å². The maximum absolute atomic E-state index is 12.8. The predicted octanol–water partition coefficient (Wildman–Crippen LogP) is -0.674. The molecule has 1 fully saturated rings. The first-order valence-electron chi connectivity index (χ1n) is 16.8. The van der Waals surface area contributed by atoms with E-state index >= 15 is 0 Å². The zero-order valence-corrected chi connectivity index (χ0v) is 28.8. The van der Waals surface area contributed by atoms with Crippen LogP contribution in [-0.4, -0.2) is 164 Å². The molecule has 1 atom stereocenters. The average molecular weight is 718 g/mol. The minimum Gasteiger partial charge on any atom is -0.382 e. The van der Waals surface area contributed by atoms with E-state index in [1.165, 1.54) is 12.2 Å². The summed E-state index contributed by atoms with van der Waals surface area (Å²) in [6, 6.07) is -1.16. The van der Waals surface area contributed by atoms with Crippen LogP contribution in [0.2, 0.25) is 0 Å². The Labute approximate surface area is 291 Å². The van der Waals surface area contributed by atoms with Gasteiger partial charge in [0.15, 0.2) is 0 Å². The van der Waals surface area contributed by atoms with Crippen LogP contribution in [-0.2, 0) is 71.5 Å². The van der Waals surface area contributed by atoms with Crippen molar-refractivity contribution in [1.82, 2.24) is 15.3 Å². The molecule has 5 amide bonds. The summed E-state index contributed by atoms with van der Waals surface area (Å²) in [6.07, 6.45) is 2.94. The summed E-state index contributed by atoms with van der Waals surface area (Å²) >= 11 is 0. The number of methoxy groups -OCH3 is 1. The predicted molar refractivity (Wildman–Crippen MR) is 171 cm³/mol. The van der Waals surface area contributed by atoms with Crippen molar-refractivity contribution >= 4 is 35.5 Å². The standard InChI is InChI=1S/C32H51N3O15/c1-42-12-13-44-16-17-46-20-21-48-24-25-49-23-22-47-19-18-45-15-14-43-11-9-27(36)33-26(32(41)50-35-30(39)7-8-31(35)40)4-2-3-10-34-28(37)5-6-29(34)38/h5-6,26H,2-4,7-25H2,1H3,(H,33,36). The van der Waals surface area contributed by atoms with E-state index in [9.17, 15) is 28.8 Å². The fraction of sp³-hybridized carbons (Fsp3) is 0.750. The molecule has 2 rings (SSSR count). The molecule has 18 heteroatoms. The summed E-state index contributed by atoms with van der Waals surface area (Å²) < 4.78 is 42.7. The zero-order valence-electron chi connectivity index (χ0n) is 28.8. The Morgan fingerprint density at radius 1 is 0.640 bits per heavy atom. The molecule has 0 saturated carbocycles. The summed E-state index contributed by atoms with van der Waals surface area (Å²) in [5.41, 5.74) is 0. The van der Waals surface area contributed by atoms with Crippen molar-refractivity contribution in [2.45, 2.75) is 44.6 Å². The van der Waals surface area contributed by atoms with E-state index in [0.717, 1.165) is 4.90 Å². The van der Waals surface area contributed by atoms with Gasteiger partial charge in [0, 0.05) is 45.1 Å². The lowest BCUT2D eigenvalue weighted by atomic mass is 10.1. The first-order chi connectivity index (χ1) is 24.3. The summed E-state index contributed by atoms with van der Waals surface area (Å²) in [6.45, 7) is 6.29. The molecule has 2 aliphatic rings. The summed E-state index contributed by atoms with van der Waals surface area (Å²) in [7, 11) is 1.62. The van der Waals surface area contributed by atoms with E-state index in [2.05, 4.69) is 5.32 Å². The molecule has 284 valence electrons. The lowest BCUT2D eigenvalue weighted by Gasteiger charge is -2.20. The van der Waals surface area contributed by atoms with Crippen molar-refractivity contribution in [3.05, 3.63) is 12.2 Å². The minimum atomic E-state index is -1.16. The van der Waals surface area contributed by atoms with Crippen LogP contribution in [0.15, 0.2) is 12.2 Å². The number of hydroxylamine groups is 2. The number of nitrogens with one attached hydrogen (secondary N) is 1. The molecule has 50 heavy (non-hydrogen) atoms. The maximum Gasteiger partial charge on any atom is 0.355 e. The number of hydrogen-bond donors (Lipinski definition) is 1. The van der Waals surface area contributed by atoms with Crippen LogP contribution < -0.4 is 5.32 Å². The van der Waals surface area contributed by atoms with Gasteiger partial charge in [-0.15, -0.1) is 5.06 Å². The van der Waals surface area contributed by atoms with Crippen molar-refractivity contribution in [1.29, 1.82) is 0 Å². The van der Waals surface area contributed by atoms with E-state index in [1.54, 1.807) is 7.11 Å². The number of rotatable bonds is 32. The van der Waals surface area contributed by atoms with Gasteiger partial charge in [0.2, 0.25) is 5.91 Å². The molecule has 2 aliphatic heterocycles. The second kappa shape index (κ2) is 27.4. The van der Waals surface area contributed by atoms with Gasteiger partial charge in [-0.05, 0) is 19.3 Å². The molecule has 0 aliphatic carbocycles. The number of hydrogen-bond acceptors (Lipinski definition) is 15. The highest BCUT2D eigenvalue weighted by Crippen LogP contribution is 2.15. The number of imide groups is 2. The van der Waals surface area contributed by atoms with Gasteiger partial charge < -0.3 is 48.0 Å². The number of amides is 5. The number of nitrogens with zero attached hydrogens (tertiary/aromatic N) is 2. The van der Waals surface area contributed by atoms with Crippen LogP contribution in [0.3, 0.4) is 0 Å². The number of carbonyl (C=O) groups excluding carboxylic acids is 6. The van der Waals surface area contributed by atoms with E-state index in [1.807, 2.05) is 0 Å². The Hall–Kier alpha value is -3.36. The summed E-state index contributed by atoms with van der Waals surface area (Å²) in [4.78, 5) is 78.6. The van der Waals surface area contributed by atoms with Crippen LogP contribution in [0.5, 0.6) is 0 Å². The highest BCUT2D eigenvalue weighted by atomic mass is 16.7. The first-order valence-corrected chi connectivity index (χ1v) is 16.8. The normalized spacial score (nSPS) is 15.1. The molecule has 0 bridgehead atoms. The van der Waals surface area contributed by atoms with E-state index < -0.39 is 41.5 Å². The lowest BCUT2D eigenvalue weighted by Crippen LogP contribution is -2.45. The Morgan fingerprint density at radius 3 is 1.50 bits per heavy atom. The van der Waals surface area contributed by atoms with Crippen LogP contribution in [0.1, 0.15) is 38.5 Å². The fourth-order valence-corrected chi connectivity index (χ4v) is 4.33. The zero-order chi connectivity index (χ0) is 36.2. The van der Waals surface area contributed by atoms with Crippen LogP contribution in [0.25, 0.3) is 0 Å². The molecular formula is C32H51N3O15. The van der Waals surface area contributed by atoms with Gasteiger partial charge >= 0.3 is 5.97 Å². The van der Waals surface area contributed by atoms with Crippen molar-refractivity contribution in [3.63, 3.8) is 0 Å². The lowest BCUT2D eigenvalue weighted by molar-refractivity contribution is -0.199. The summed E-state index contributed by atoms with van der Waals surface area (Å²) in [5, 5.41) is 2.97. The highest BCUT2D eigenvalue weighted by Gasteiger charge is 2.35. The van der Waals surface area contributed by atoms with Gasteiger partial charge in [-0.25, -0.2) is 4.79 Å². The van der Waals surface area contributed by atoms with Gasteiger partial charge in [-0.1, -0.05) is 0 Å². The number of unbranched alkanes of at least 4 members (excludes halogenated alkanes) is 1. The Bertz CT molecular complexity index is 1040. The average Bonchev–Trinajstić information content (AvgIpc) is 3.60. The molecule has 18 nitrogen and oxygen atoms in total. The van der Waals surface area contributed by atoms with E-state index in [-0.39, 0.29) is 52.0 Å². The highest BCUT2D eigenvalue weighted by molar-refractivity contribution is 6.12. The molecular weight excluding hydrogens is 666 g/mol. The Kier molecular flexibility index (Phi) is 23.4. The Morgan fingerprint density at radius 2 is 1.06 bits per heavy atom. The molecule has 1 unspecified atom stereocenters. The van der Waals surface area contributed by atoms with E-state index in [4.69, 9.17) is 42.7 Å². The van der Waals surface area contributed by atoms with E-state index in [0.29, 0.717) is 97.2 Å². The smallest absolute Gasteiger partial charge is 0.355 e.